The summed E-state index contributed by atoms with van der Waals surface area (Å²) in [6, 6.07) is 0. The maximum Gasteiger partial charge on any atom is 0.231 e. The first kappa shape index (κ1) is 10.5. The minimum atomic E-state index is -0.255. The Kier molecular flexibility index (Phi) is 4.18. The second kappa shape index (κ2) is 5.19. The molecule has 1 amide bonds. The van der Waals surface area contributed by atoms with Crippen LogP contribution in [0.25, 0.3) is 0 Å². The van der Waals surface area contributed by atoms with Crippen molar-refractivity contribution in [3.63, 3.8) is 0 Å². The highest BCUT2D eigenvalue weighted by Crippen LogP contribution is 2.15. The van der Waals surface area contributed by atoms with Crippen LogP contribution in [-0.4, -0.2) is 44.2 Å². The van der Waals surface area contributed by atoms with Crippen LogP contribution < -0.4 is 5.73 Å². The van der Waals surface area contributed by atoms with E-state index in [2.05, 4.69) is 0 Å². The van der Waals surface area contributed by atoms with Gasteiger partial charge in [-0.05, 0) is 25.8 Å². The molecule has 0 bridgehead atoms. The molecule has 0 aliphatic carbocycles. The predicted octanol–water partition coefficient (Wildman–Crippen LogP) is -0.170. The van der Waals surface area contributed by atoms with E-state index < -0.39 is 0 Å². The molecule has 0 aromatic heterocycles. The molecule has 0 radical (unpaired) electrons. The molecule has 1 rings (SSSR count). The lowest BCUT2D eigenvalue weighted by atomic mass is 10.00. The molecule has 0 aromatic rings. The number of ether oxygens (including phenoxy) is 1. The first-order chi connectivity index (χ1) is 6.18. The van der Waals surface area contributed by atoms with Crippen molar-refractivity contribution in [3.8, 4) is 0 Å². The number of hydrogen-bond acceptors (Lipinski definition) is 3. The fraction of sp³-hybridized carbons (Fsp3) is 0.889. The van der Waals surface area contributed by atoms with E-state index >= 15 is 0 Å². The second-order valence-corrected chi connectivity index (χ2v) is 3.72. The third kappa shape index (κ3) is 4.24. The highest BCUT2D eigenvalue weighted by Gasteiger charge is 2.16. The summed E-state index contributed by atoms with van der Waals surface area (Å²) in [5, 5.41) is 0. The van der Waals surface area contributed by atoms with Gasteiger partial charge in [-0.2, -0.15) is 0 Å². The Morgan fingerprint density at radius 1 is 1.54 bits per heavy atom. The SMILES string of the molecule is CN(CC(N)=O)CC1CCOCC1. The van der Waals surface area contributed by atoms with Crippen molar-refractivity contribution in [3.05, 3.63) is 0 Å². The molecule has 0 spiro atoms. The van der Waals surface area contributed by atoms with Gasteiger partial charge in [0.2, 0.25) is 5.91 Å². The number of rotatable bonds is 4. The lowest BCUT2D eigenvalue weighted by molar-refractivity contribution is -0.119. The van der Waals surface area contributed by atoms with Gasteiger partial charge in [-0.3, -0.25) is 9.69 Å². The molecule has 1 heterocycles. The van der Waals surface area contributed by atoms with Crippen molar-refractivity contribution in [1.29, 1.82) is 0 Å². The van der Waals surface area contributed by atoms with E-state index in [0.717, 1.165) is 32.6 Å². The fourth-order valence-electron chi connectivity index (χ4n) is 1.70. The first-order valence-corrected chi connectivity index (χ1v) is 4.73. The fourth-order valence-corrected chi connectivity index (χ4v) is 1.70. The van der Waals surface area contributed by atoms with Crippen LogP contribution in [0.5, 0.6) is 0 Å². The minimum absolute atomic E-state index is 0.255. The standard InChI is InChI=1S/C9H18N2O2/c1-11(7-9(10)12)6-8-2-4-13-5-3-8/h8H,2-7H2,1H3,(H2,10,12). The topological polar surface area (TPSA) is 55.6 Å². The third-order valence-electron chi connectivity index (χ3n) is 2.34. The predicted molar refractivity (Wildman–Crippen MR) is 50.2 cm³/mol. The number of nitrogens with zero attached hydrogens (tertiary/aromatic N) is 1. The minimum Gasteiger partial charge on any atom is -0.381 e. The Hall–Kier alpha value is -0.610. The molecule has 1 fully saturated rings. The van der Waals surface area contributed by atoms with E-state index in [1.807, 2.05) is 11.9 Å². The Bertz CT molecular complexity index is 167. The van der Waals surface area contributed by atoms with Crippen LogP contribution >= 0.6 is 0 Å². The van der Waals surface area contributed by atoms with E-state index in [0.29, 0.717) is 12.5 Å². The van der Waals surface area contributed by atoms with Crippen molar-refractivity contribution in [2.24, 2.45) is 11.7 Å². The van der Waals surface area contributed by atoms with E-state index in [4.69, 9.17) is 10.5 Å². The Labute approximate surface area is 79.0 Å². The molecular formula is C9H18N2O2. The van der Waals surface area contributed by atoms with Gasteiger partial charge < -0.3 is 10.5 Å². The van der Waals surface area contributed by atoms with Gasteiger partial charge in [0, 0.05) is 19.8 Å². The van der Waals surface area contributed by atoms with Crippen molar-refractivity contribution in [1.82, 2.24) is 4.90 Å². The van der Waals surface area contributed by atoms with Crippen LogP contribution in [0.1, 0.15) is 12.8 Å². The van der Waals surface area contributed by atoms with E-state index in [1.165, 1.54) is 0 Å². The van der Waals surface area contributed by atoms with Crippen LogP contribution in [0.4, 0.5) is 0 Å². The molecule has 0 aromatic carbocycles. The van der Waals surface area contributed by atoms with Crippen molar-refractivity contribution in [2.45, 2.75) is 12.8 Å². The first-order valence-electron chi connectivity index (χ1n) is 4.73. The zero-order valence-corrected chi connectivity index (χ0v) is 8.16. The maximum atomic E-state index is 10.6. The molecule has 0 saturated carbocycles. The number of likely N-dealkylation sites (N-methyl/N-ethyl adjacent to an activating group) is 1. The summed E-state index contributed by atoms with van der Waals surface area (Å²) < 4.78 is 5.25. The Balaban J connectivity index is 2.18. The number of primary amides is 1. The van der Waals surface area contributed by atoms with Gasteiger partial charge in [0.15, 0.2) is 0 Å². The second-order valence-electron chi connectivity index (χ2n) is 3.72. The normalized spacial score (nSPS) is 19.2. The van der Waals surface area contributed by atoms with Crippen LogP contribution in [0.15, 0.2) is 0 Å². The summed E-state index contributed by atoms with van der Waals surface area (Å²) in [5.41, 5.74) is 5.09. The monoisotopic (exact) mass is 186 g/mol. The molecule has 76 valence electrons. The highest BCUT2D eigenvalue weighted by atomic mass is 16.5. The van der Waals surface area contributed by atoms with Gasteiger partial charge in [0.05, 0.1) is 6.54 Å². The number of amides is 1. The van der Waals surface area contributed by atoms with E-state index in [1.54, 1.807) is 0 Å². The number of carbonyl (C=O) groups is 1. The molecule has 4 nitrogen and oxygen atoms in total. The van der Waals surface area contributed by atoms with Gasteiger partial charge in [-0.25, -0.2) is 0 Å². The van der Waals surface area contributed by atoms with Gasteiger partial charge in [0.25, 0.3) is 0 Å². The van der Waals surface area contributed by atoms with Gasteiger partial charge in [-0.1, -0.05) is 0 Å². The summed E-state index contributed by atoms with van der Waals surface area (Å²) in [6.07, 6.45) is 2.20. The van der Waals surface area contributed by atoms with E-state index in [9.17, 15) is 4.79 Å². The average molecular weight is 186 g/mol. The summed E-state index contributed by atoms with van der Waals surface area (Å²) in [5.74, 6) is 0.410. The molecule has 1 saturated heterocycles. The Morgan fingerprint density at radius 2 is 2.15 bits per heavy atom. The van der Waals surface area contributed by atoms with Gasteiger partial charge in [0.1, 0.15) is 0 Å². The quantitative estimate of drug-likeness (QED) is 0.663. The van der Waals surface area contributed by atoms with Gasteiger partial charge in [-0.15, -0.1) is 0 Å². The smallest absolute Gasteiger partial charge is 0.231 e. The summed E-state index contributed by atoms with van der Waals surface area (Å²) in [4.78, 5) is 12.6. The Morgan fingerprint density at radius 3 is 2.69 bits per heavy atom. The van der Waals surface area contributed by atoms with Gasteiger partial charge >= 0.3 is 0 Å². The molecule has 13 heavy (non-hydrogen) atoms. The molecule has 1 aliphatic rings. The van der Waals surface area contributed by atoms with Crippen LogP contribution in [-0.2, 0) is 9.53 Å². The summed E-state index contributed by atoms with van der Waals surface area (Å²) in [7, 11) is 1.93. The molecular weight excluding hydrogens is 168 g/mol. The lowest BCUT2D eigenvalue weighted by Crippen LogP contribution is -2.35. The number of hydrogen-bond donors (Lipinski definition) is 1. The molecule has 1 aliphatic heterocycles. The molecule has 2 N–H and O–H groups in total. The van der Waals surface area contributed by atoms with Crippen LogP contribution in [0.2, 0.25) is 0 Å². The zero-order chi connectivity index (χ0) is 9.68. The summed E-state index contributed by atoms with van der Waals surface area (Å²) in [6.45, 7) is 3.02. The van der Waals surface area contributed by atoms with Crippen molar-refractivity contribution < 1.29 is 9.53 Å². The van der Waals surface area contributed by atoms with Crippen LogP contribution in [0.3, 0.4) is 0 Å². The third-order valence-corrected chi connectivity index (χ3v) is 2.34. The van der Waals surface area contributed by atoms with Crippen LogP contribution in [0, 0.1) is 5.92 Å². The molecule has 4 heteroatoms. The largest absolute Gasteiger partial charge is 0.381 e. The molecule has 0 unspecified atom stereocenters. The number of nitrogens with two attached hydrogens (primary N) is 1. The zero-order valence-electron chi connectivity index (χ0n) is 8.16. The van der Waals surface area contributed by atoms with E-state index in [-0.39, 0.29) is 5.91 Å². The number of carbonyl (C=O) groups excluding carboxylic acids is 1. The maximum absolute atomic E-state index is 10.6. The lowest BCUT2D eigenvalue weighted by Gasteiger charge is -2.26. The average Bonchev–Trinajstić information content (AvgIpc) is 2.04. The van der Waals surface area contributed by atoms with Crippen molar-refractivity contribution in [2.75, 3.05) is 33.4 Å². The summed E-state index contributed by atoms with van der Waals surface area (Å²) >= 11 is 0. The highest BCUT2D eigenvalue weighted by molar-refractivity contribution is 5.75. The van der Waals surface area contributed by atoms with Crippen molar-refractivity contribution >= 4 is 5.91 Å². The molecule has 0 atom stereocenters.